The quantitative estimate of drug-likeness (QED) is 0.147. The highest BCUT2D eigenvalue weighted by atomic mass is 79.9. The third-order valence-corrected chi connectivity index (χ3v) is 15.0. The maximum absolute atomic E-state index is 5.45. The number of fused-ring (bicyclic) bond motifs is 3. The Kier molecular flexibility index (Phi) is 14.9. The molecule has 0 bridgehead atoms. The molecule has 0 atom stereocenters. The van der Waals surface area contributed by atoms with Crippen molar-refractivity contribution in [3.63, 3.8) is 0 Å². The van der Waals surface area contributed by atoms with Crippen LogP contribution in [-0.4, -0.2) is 111 Å². The number of aliphatic imine (C=N–C) groups is 3. The summed E-state index contributed by atoms with van der Waals surface area (Å²) in [7, 11) is 0. The fourth-order valence-electron chi connectivity index (χ4n) is 10.5. The van der Waals surface area contributed by atoms with Gasteiger partial charge in [-0.1, -0.05) is 107 Å². The fourth-order valence-corrected chi connectivity index (χ4v) is 10.9. The van der Waals surface area contributed by atoms with Crippen LogP contribution in [0.5, 0.6) is 0 Å². The highest BCUT2D eigenvalue weighted by Gasteiger charge is 2.24. The lowest BCUT2D eigenvalue weighted by Gasteiger charge is -2.28. The Bertz CT molecular complexity index is 3280. The summed E-state index contributed by atoms with van der Waals surface area (Å²) in [5.74, 6) is 3.02. The molecule has 13 heteroatoms. The molecular weight excluding hydrogens is 1010 g/mol. The Hall–Kier alpha value is -7.68. The van der Waals surface area contributed by atoms with Gasteiger partial charge in [-0.25, -0.2) is 15.0 Å². The normalized spacial score (nSPS) is 16.5. The molecule has 8 aromatic rings. The average molecular weight is 1070 g/mol. The summed E-state index contributed by atoms with van der Waals surface area (Å²) in [6.45, 7) is 12.2. The molecule has 5 aromatic carbocycles. The maximum atomic E-state index is 5.45. The average Bonchev–Trinajstić information content (AvgIpc) is 4.26. The second-order valence-corrected chi connectivity index (χ2v) is 20.2. The summed E-state index contributed by atoms with van der Waals surface area (Å²) in [4.78, 5) is 34.9. The van der Waals surface area contributed by atoms with E-state index in [4.69, 9.17) is 29.2 Å². The standard InChI is InChI=1S/2C23H21N3O.C17H16BrN3O/c2*1-2-4-17(5-3-1)18-6-7-21-20(14-18)16-25-23(21)19-8-9-24-22(15-19)26-10-12-27-13-11-26;18-14-1-2-15-13(9-14)11-20-17(15)12-3-4-19-16(10-12)21-5-7-22-8-6-21/h2*1-9,14-15H,10-13,16H2;1-4,9-10H,5-8,11H2. The molecule has 0 saturated carbocycles. The molecule has 3 saturated heterocycles. The number of aromatic nitrogens is 3. The van der Waals surface area contributed by atoms with Gasteiger partial charge in [0.15, 0.2) is 0 Å². The summed E-state index contributed by atoms with van der Waals surface area (Å²) in [6, 6.07) is 53.3. The van der Waals surface area contributed by atoms with Crippen molar-refractivity contribution < 1.29 is 14.2 Å². The van der Waals surface area contributed by atoms with Crippen LogP contribution in [0.1, 0.15) is 50.1 Å². The molecular formula is C63H58BrN9O3. The summed E-state index contributed by atoms with van der Waals surface area (Å²) < 4.78 is 17.4. The molecule has 9 heterocycles. The van der Waals surface area contributed by atoms with E-state index >= 15 is 0 Å². The number of ether oxygens (including phenoxy) is 3. The number of hydrogen-bond acceptors (Lipinski definition) is 12. The Morgan fingerprint density at radius 2 is 0.671 bits per heavy atom. The lowest BCUT2D eigenvalue weighted by molar-refractivity contribution is 0.122. The molecule has 0 unspecified atom stereocenters. The van der Waals surface area contributed by atoms with Gasteiger partial charge in [0.25, 0.3) is 0 Å². The Morgan fingerprint density at radius 1 is 0.329 bits per heavy atom. The number of pyridine rings is 3. The van der Waals surface area contributed by atoms with Crippen molar-refractivity contribution in [2.45, 2.75) is 19.6 Å². The molecule has 6 aliphatic heterocycles. The van der Waals surface area contributed by atoms with E-state index in [2.05, 4.69) is 179 Å². The molecule has 0 N–H and O–H groups in total. The van der Waals surface area contributed by atoms with Crippen LogP contribution in [0.2, 0.25) is 0 Å². The topological polar surface area (TPSA) is 113 Å². The molecule has 0 spiro atoms. The smallest absolute Gasteiger partial charge is 0.129 e. The molecule has 76 heavy (non-hydrogen) atoms. The Morgan fingerprint density at radius 3 is 1.04 bits per heavy atom. The van der Waals surface area contributed by atoms with Crippen molar-refractivity contribution in [1.29, 1.82) is 0 Å². The van der Waals surface area contributed by atoms with Gasteiger partial charge in [0.05, 0.1) is 76.4 Å². The lowest BCUT2D eigenvalue weighted by atomic mass is 9.96. The summed E-state index contributed by atoms with van der Waals surface area (Å²) in [5.41, 5.74) is 19.1. The number of hydrogen-bond donors (Lipinski definition) is 0. The second kappa shape index (κ2) is 23.1. The van der Waals surface area contributed by atoms with Gasteiger partial charge in [-0.3, -0.25) is 15.0 Å². The largest absolute Gasteiger partial charge is 0.378 e. The van der Waals surface area contributed by atoms with Crippen LogP contribution >= 0.6 is 15.9 Å². The van der Waals surface area contributed by atoms with Gasteiger partial charge in [0.1, 0.15) is 17.5 Å². The minimum Gasteiger partial charge on any atom is -0.378 e. The third kappa shape index (κ3) is 11.0. The first-order chi connectivity index (χ1) is 37.6. The van der Waals surface area contributed by atoms with Crippen LogP contribution < -0.4 is 14.7 Å². The second-order valence-electron chi connectivity index (χ2n) is 19.3. The molecule has 380 valence electrons. The molecule has 0 aliphatic carbocycles. The van der Waals surface area contributed by atoms with Gasteiger partial charge in [-0.15, -0.1) is 0 Å². The predicted octanol–water partition coefficient (Wildman–Crippen LogP) is 10.9. The predicted molar refractivity (Wildman–Crippen MR) is 308 cm³/mol. The van der Waals surface area contributed by atoms with Gasteiger partial charge in [-0.2, -0.15) is 0 Å². The van der Waals surface area contributed by atoms with E-state index in [1.54, 1.807) is 0 Å². The first kappa shape index (κ1) is 49.2. The molecule has 14 rings (SSSR count). The number of benzene rings is 5. The molecule has 3 aromatic heterocycles. The van der Waals surface area contributed by atoms with Crippen LogP contribution in [0.15, 0.2) is 190 Å². The minimum absolute atomic E-state index is 0.737. The monoisotopic (exact) mass is 1070 g/mol. The molecule has 0 radical (unpaired) electrons. The van der Waals surface area contributed by atoms with E-state index in [9.17, 15) is 0 Å². The van der Waals surface area contributed by atoms with Gasteiger partial charge >= 0.3 is 0 Å². The SMILES string of the molecule is Brc1ccc2c(c1)CN=C2c1ccnc(N2CCOCC2)c1.c1ccc(-c2ccc3c(c2)CN=C3c2ccnc(N3CCOCC3)c2)cc1.c1ccc(-c2ccc3c(c2)CN=C3c2ccnc(N3CCOCC3)c2)cc1. The Balaban J connectivity index is 0.000000116. The summed E-state index contributed by atoms with van der Waals surface area (Å²) in [6.07, 6.45) is 5.65. The van der Waals surface area contributed by atoms with Crippen molar-refractivity contribution in [2.75, 3.05) is 93.6 Å². The van der Waals surface area contributed by atoms with Crippen molar-refractivity contribution in [1.82, 2.24) is 15.0 Å². The zero-order chi connectivity index (χ0) is 51.0. The van der Waals surface area contributed by atoms with Crippen LogP contribution in [0, 0.1) is 0 Å². The van der Waals surface area contributed by atoms with E-state index in [-0.39, 0.29) is 0 Å². The van der Waals surface area contributed by atoms with Crippen LogP contribution in [0.3, 0.4) is 0 Å². The van der Waals surface area contributed by atoms with Crippen LogP contribution in [-0.2, 0) is 33.8 Å². The van der Waals surface area contributed by atoms with Gasteiger partial charge < -0.3 is 28.9 Å². The molecule has 6 aliphatic rings. The zero-order valence-corrected chi connectivity index (χ0v) is 44.0. The lowest BCUT2D eigenvalue weighted by Crippen LogP contribution is -2.36. The van der Waals surface area contributed by atoms with Crippen molar-refractivity contribution >= 4 is 50.5 Å². The van der Waals surface area contributed by atoms with E-state index in [1.807, 2.05) is 36.8 Å². The maximum Gasteiger partial charge on any atom is 0.129 e. The minimum atomic E-state index is 0.737. The van der Waals surface area contributed by atoms with E-state index in [1.165, 1.54) is 55.6 Å². The number of morpholine rings is 3. The number of rotatable bonds is 8. The summed E-state index contributed by atoms with van der Waals surface area (Å²) >= 11 is 3.53. The molecule has 3 fully saturated rings. The van der Waals surface area contributed by atoms with Crippen LogP contribution in [0.4, 0.5) is 17.5 Å². The number of halogens is 1. The highest BCUT2D eigenvalue weighted by Crippen LogP contribution is 2.32. The molecule has 0 amide bonds. The van der Waals surface area contributed by atoms with E-state index in [0.717, 1.165) is 154 Å². The number of anilines is 3. The van der Waals surface area contributed by atoms with Gasteiger partial charge in [0.2, 0.25) is 0 Å². The Labute approximate surface area is 452 Å². The van der Waals surface area contributed by atoms with Crippen LogP contribution in [0.25, 0.3) is 22.3 Å². The zero-order valence-electron chi connectivity index (χ0n) is 42.4. The first-order valence-electron chi connectivity index (χ1n) is 26.2. The fraction of sp³-hybridized carbons (Fsp3) is 0.238. The van der Waals surface area contributed by atoms with Crippen molar-refractivity contribution in [2.24, 2.45) is 15.0 Å². The highest BCUT2D eigenvalue weighted by molar-refractivity contribution is 9.10. The third-order valence-electron chi connectivity index (χ3n) is 14.5. The van der Waals surface area contributed by atoms with Gasteiger partial charge in [-0.05, 0) is 99.6 Å². The van der Waals surface area contributed by atoms with E-state index in [0.29, 0.717) is 0 Å². The molecule has 12 nitrogen and oxygen atoms in total. The first-order valence-corrected chi connectivity index (χ1v) is 27.0. The summed E-state index contributed by atoms with van der Waals surface area (Å²) in [5, 5.41) is 0. The van der Waals surface area contributed by atoms with Gasteiger partial charge in [0, 0.05) is 95.7 Å². The number of nitrogens with zero attached hydrogens (tertiary/aromatic N) is 9. The van der Waals surface area contributed by atoms with Crippen molar-refractivity contribution in [3.05, 3.63) is 225 Å². The van der Waals surface area contributed by atoms with Crippen molar-refractivity contribution in [3.8, 4) is 22.3 Å². The van der Waals surface area contributed by atoms with E-state index < -0.39 is 0 Å².